The Morgan fingerprint density at radius 1 is 1.24 bits per heavy atom. The van der Waals surface area contributed by atoms with Gasteiger partial charge in [0.15, 0.2) is 0 Å². The van der Waals surface area contributed by atoms with E-state index in [1.165, 1.54) is 0 Å². The standard InChI is InChI=1S/C15H12BrClN2O2/c1-8-12(14(18)20)3-2-4-13(8)19-15(21)9-5-10(16)7-11(17)6-9/h2-7H,1H3,(H2,18,20)(H,19,21). The number of rotatable bonds is 3. The molecule has 0 bridgehead atoms. The van der Waals surface area contributed by atoms with Crippen molar-refractivity contribution in [2.45, 2.75) is 6.92 Å². The van der Waals surface area contributed by atoms with Gasteiger partial charge in [-0.3, -0.25) is 9.59 Å². The minimum absolute atomic E-state index is 0.317. The van der Waals surface area contributed by atoms with Crippen LogP contribution in [-0.2, 0) is 0 Å². The first-order valence-corrected chi connectivity index (χ1v) is 7.22. The van der Waals surface area contributed by atoms with Gasteiger partial charge in [-0.05, 0) is 42.8 Å². The third-order valence-corrected chi connectivity index (χ3v) is 3.65. The van der Waals surface area contributed by atoms with Gasteiger partial charge in [0.05, 0.1) is 0 Å². The van der Waals surface area contributed by atoms with E-state index in [0.717, 1.165) is 0 Å². The molecular formula is C15H12BrClN2O2. The van der Waals surface area contributed by atoms with Crippen LogP contribution in [0.25, 0.3) is 0 Å². The number of carbonyl (C=O) groups is 2. The monoisotopic (exact) mass is 366 g/mol. The molecule has 0 atom stereocenters. The summed E-state index contributed by atoms with van der Waals surface area (Å²) in [4.78, 5) is 23.6. The van der Waals surface area contributed by atoms with E-state index in [0.29, 0.717) is 31.9 Å². The van der Waals surface area contributed by atoms with Crippen LogP contribution in [0.3, 0.4) is 0 Å². The molecule has 21 heavy (non-hydrogen) atoms. The summed E-state index contributed by atoms with van der Waals surface area (Å²) in [5.41, 5.74) is 7.24. The highest BCUT2D eigenvalue weighted by Gasteiger charge is 2.12. The van der Waals surface area contributed by atoms with Crippen LogP contribution >= 0.6 is 27.5 Å². The second-order valence-corrected chi connectivity index (χ2v) is 5.81. The highest BCUT2D eigenvalue weighted by molar-refractivity contribution is 9.10. The molecule has 0 aliphatic rings. The van der Waals surface area contributed by atoms with Crippen LogP contribution in [0.15, 0.2) is 40.9 Å². The Balaban J connectivity index is 2.32. The van der Waals surface area contributed by atoms with Crippen LogP contribution in [0.1, 0.15) is 26.3 Å². The van der Waals surface area contributed by atoms with Gasteiger partial charge >= 0.3 is 0 Å². The number of hydrogen-bond donors (Lipinski definition) is 2. The summed E-state index contributed by atoms with van der Waals surface area (Å²) in [6.07, 6.45) is 0. The van der Waals surface area contributed by atoms with E-state index >= 15 is 0 Å². The van der Waals surface area contributed by atoms with Crippen molar-refractivity contribution in [2.75, 3.05) is 5.32 Å². The zero-order valence-corrected chi connectivity index (χ0v) is 13.5. The van der Waals surface area contributed by atoms with Gasteiger partial charge in [0.2, 0.25) is 5.91 Å². The molecular weight excluding hydrogens is 356 g/mol. The molecule has 0 spiro atoms. The van der Waals surface area contributed by atoms with Crippen molar-refractivity contribution in [3.05, 3.63) is 62.6 Å². The number of amides is 2. The van der Waals surface area contributed by atoms with Gasteiger partial charge in [-0.25, -0.2) is 0 Å². The molecule has 0 fully saturated rings. The van der Waals surface area contributed by atoms with Gasteiger partial charge in [0.25, 0.3) is 5.91 Å². The normalized spacial score (nSPS) is 10.2. The summed E-state index contributed by atoms with van der Waals surface area (Å²) in [5.74, 6) is -0.850. The van der Waals surface area contributed by atoms with Crippen molar-refractivity contribution in [1.82, 2.24) is 0 Å². The lowest BCUT2D eigenvalue weighted by atomic mass is 10.1. The Morgan fingerprint density at radius 3 is 2.57 bits per heavy atom. The molecule has 2 aromatic carbocycles. The van der Waals surface area contributed by atoms with Gasteiger partial charge in [-0.15, -0.1) is 0 Å². The fourth-order valence-corrected chi connectivity index (χ4v) is 2.78. The van der Waals surface area contributed by atoms with E-state index in [-0.39, 0.29) is 5.91 Å². The zero-order chi connectivity index (χ0) is 15.6. The Kier molecular flexibility index (Phi) is 4.65. The third-order valence-electron chi connectivity index (χ3n) is 2.97. The molecule has 0 heterocycles. The van der Waals surface area contributed by atoms with Gasteiger partial charge < -0.3 is 11.1 Å². The lowest BCUT2D eigenvalue weighted by Crippen LogP contribution is -2.16. The molecule has 2 amide bonds. The number of anilines is 1. The number of nitrogens with two attached hydrogens (primary N) is 1. The molecule has 0 aliphatic heterocycles. The smallest absolute Gasteiger partial charge is 0.255 e. The molecule has 0 radical (unpaired) electrons. The molecule has 0 aromatic heterocycles. The van der Waals surface area contributed by atoms with Crippen LogP contribution in [0, 0.1) is 6.92 Å². The summed E-state index contributed by atoms with van der Waals surface area (Å²) in [5, 5.41) is 3.21. The maximum atomic E-state index is 12.2. The number of nitrogens with one attached hydrogen (secondary N) is 1. The molecule has 2 rings (SSSR count). The lowest BCUT2D eigenvalue weighted by Gasteiger charge is -2.11. The molecule has 6 heteroatoms. The number of primary amides is 1. The highest BCUT2D eigenvalue weighted by Crippen LogP contribution is 2.22. The summed E-state index contributed by atoms with van der Waals surface area (Å²) >= 11 is 9.21. The van der Waals surface area contributed by atoms with Crippen molar-refractivity contribution < 1.29 is 9.59 Å². The predicted molar refractivity (Wildman–Crippen MR) is 86.8 cm³/mol. The van der Waals surface area contributed by atoms with Crippen molar-refractivity contribution >= 4 is 45.0 Å². The minimum Gasteiger partial charge on any atom is -0.366 e. The SMILES string of the molecule is Cc1c(NC(=O)c2cc(Cl)cc(Br)c2)cccc1C(N)=O. The Morgan fingerprint density at radius 2 is 1.95 bits per heavy atom. The van der Waals surface area contributed by atoms with Crippen molar-refractivity contribution in [3.8, 4) is 0 Å². The zero-order valence-electron chi connectivity index (χ0n) is 11.1. The molecule has 2 aromatic rings. The molecule has 108 valence electrons. The van der Waals surface area contributed by atoms with Crippen molar-refractivity contribution in [2.24, 2.45) is 5.73 Å². The largest absolute Gasteiger partial charge is 0.366 e. The van der Waals surface area contributed by atoms with Gasteiger partial charge in [-0.1, -0.05) is 33.6 Å². The van der Waals surface area contributed by atoms with E-state index in [1.54, 1.807) is 43.3 Å². The third kappa shape index (κ3) is 3.62. The molecule has 0 unspecified atom stereocenters. The second kappa shape index (κ2) is 6.28. The minimum atomic E-state index is -0.533. The summed E-state index contributed by atoms with van der Waals surface area (Å²) in [6.45, 7) is 1.73. The summed E-state index contributed by atoms with van der Waals surface area (Å²) in [6, 6.07) is 9.90. The Labute approximate surface area is 135 Å². The van der Waals surface area contributed by atoms with E-state index < -0.39 is 5.91 Å². The summed E-state index contributed by atoms with van der Waals surface area (Å²) < 4.78 is 0.711. The van der Waals surface area contributed by atoms with Crippen molar-refractivity contribution in [3.63, 3.8) is 0 Å². The highest BCUT2D eigenvalue weighted by atomic mass is 79.9. The van der Waals surface area contributed by atoms with E-state index in [4.69, 9.17) is 17.3 Å². The molecule has 0 saturated carbocycles. The van der Waals surface area contributed by atoms with Crippen molar-refractivity contribution in [1.29, 1.82) is 0 Å². The van der Waals surface area contributed by atoms with Crippen LogP contribution < -0.4 is 11.1 Å². The first kappa shape index (κ1) is 15.5. The maximum absolute atomic E-state index is 12.2. The average Bonchev–Trinajstić information content (AvgIpc) is 2.39. The molecule has 0 saturated heterocycles. The van der Waals surface area contributed by atoms with Crippen LogP contribution in [0.2, 0.25) is 5.02 Å². The van der Waals surface area contributed by atoms with E-state index in [9.17, 15) is 9.59 Å². The topological polar surface area (TPSA) is 72.2 Å². The Bertz CT molecular complexity index is 711. The van der Waals surface area contributed by atoms with Crippen LogP contribution in [0.4, 0.5) is 5.69 Å². The van der Waals surface area contributed by atoms with Crippen LogP contribution in [0.5, 0.6) is 0 Å². The molecule has 0 aliphatic carbocycles. The number of hydrogen-bond acceptors (Lipinski definition) is 2. The number of halogens is 2. The predicted octanol–water partition coefficient (Wildman–Crippen LogP) is 3.76. The van der Waals surface area contributed by atoms with Gasteiger partial charge in [0, 0.05) is 26.3 Å². The number of benzene rings is 2. The second-order valence-electron chi connectivity index (χ2n) is 4.45. The first-order valence-electron chi connectivity index (χ1n) is 6.05. The van der Waals surface area contributed by atoms with Gasteiger partial charge in [0.1, 0.15) is 0 Å². The quantitative estimate of drug-likeness (QED) is 0.867. The molecule has 3 N–H and O–H groups in total. The maximum Gasteiger partial charge on any atom is 0.255 e. The first-order chi connectivity index (χ1) is 9.88. The lowest BCUT2D eigenvalue weighted by molar-refractivity contribution is 0.0995. The van der Waals surface area contributed by atoms with Gasteiger partial charge in [-0.2, -0.15) is 0 Å². The fourth-order valence-electron chi connectivity index (χ4n) is 1.92. The fraction of sp³-hybridized carbons (Fsp3) is 0.0667. The average molecular weight is 368 g/mol. The number of carbonyl (C=O) groups excluding carboxylic acids is 2. The Hall–Kier alpha value is -1.85. The van der Waals surface area contributed by atoms with E-state index in [1.807, 2.05) is 0 Å². The summed E-state index contributed by atoms with van der Waals surface area (Å²) in [7, 11) is 0. The van der Waals surface area contributed by atoms with Crippen LogP contribution in [-0.4, -0.2) is 11.8 Å². The molecule has 4 nitrogen and oxygen atoms in total. The van der Waals surface area contributed by atoms with E-state index in [2.05, 4.69) is 21.2 Å².